The third kappa shape index (κ3) is 10.8. The zero-order valence-electron chi connectivity index (χ0n) is 22.0. The van der Waals surface area contributed by atoms with Gasteiger partial charge in [-0.1, -0.05) is 0 Å². The largest absolute Gasteiger partial charge is 0.491 e. The molecule has 4 rings (SSSR count). The number of hydrogen-bond donors (Lipinski definition) is 1. The lowest BCUT2D eigenvalue weighted by molar-refractivity contribution is -0.165. The number of carbonyl (C=O) groups is 1. The molecule has 2 aromatic rings. The van der Waals surface area contributed by atoms with Crippen LogP contribution in [0.25, 0.3) is 0 Å². The van der Waals surface area contributed by atoms with E-state index in [-0.39, 0.29) is 12.6 Å². The van der Waals surface area contributed by atoms with E-state index < -0.39 is 11.9 Å². The third-order valence-corrected chi connectivity index (χ3v) is 5.92. The van der Waals surface area contributed by atoms with Crippen molar-refractivity contribution in [1.82, 2.24) is 0 Å². The van der Waals surface area contributed by atoms with E-state index >= 15 is 0 Å². The van der Waals surface area contributed by atoms with Gasteiger partial charge in [0.1, 0.15) is 42.3 Å². The molecule has 0 spiro atoms. The molecule has 0 saturated carbocycles. The van der Waals surface area contributed by atoms with Gasteiger partial charge in [-0.15, -0.1) is 0 Å². The summed E-state index contributed by atoms with van der Waals surface area (Å²) in [6.07, 6.45) is 6.75. The van der Waals surface area contributed by atoms with Gasteiger partial charge >= 0.3 is 5.97 Å². The molecule has 2 unspecified atom stereocenters. The smallest absolute Gasteiger partial charge is 0.343 e. The molecule has 0 aromatic heterocycles. The van der Waals surface area contributed by atoms with Gasteiger partial charge in [0.15, 0.2) is 12.6 Å². The lowest BCUT2D eigenvalue weighted by atomic mass is 10.2. The van der Waals surface area contributed by atoms with E-state index in [1.54, 1.807) is 48.5 Å². The summed E-state index contributed by atoms with van der Waals surface area (Å²) in [5, 5.41) is 10.0. The molecule has 2 fully saturated rings. The Balaban J connectivity index is 1.11. The first-order chi connectivity index (χ1) is 19.1. The molecule has 39 heavy (non-hydrogen) atoms. The van der Waals surface area contributed by atoms with E-state index in [4.69, 9.17) is 37.9 Å². The molecule has 10 heteroatoms. The molecule has 2 aliphatic heterocycles. The number of benzene rings is 2. The molecule has 10 nitrogen and oxygen atoms in total. The van der Waals surface area contributed by atoms with Crippen molar-refractivity contribution < 1.29 is 47.8 Å². The van der Waals surface area contributed by atoms with E-state index in [1.807, 2.05) is 0 Å². The lowest BCUT2D eigenvalue weighted by Crippen LogP contribution is -2.24. The highest BCUT2D eigenvalue weighted by molar-refractivity contribution is 5.84. The van der Waals surface area contributed by atoms with E-state index in [1.165, 1.54) is 0 Å². The van der Waals surface area contributed by atoms with Gasteiger partial charge in [0, 0.05) is 13.2 Å². The number of esters is 1. The zero-order valence-corrected chi connectivity index (χ0v) is 22.0. The van der Waals surface area contributed by atoms with E-state index in [2.05, 4.69) is 0 Å². The molecule has 2 aliphatic rings. The molecule has 1 N–H and O–H groups in total. The molecular weight excluding hydrogens is 508 g/mol. The first kappa shape index (κ1) is 28.7. The van der Waals surface area contributed by atoms with Crippen LogP contribution in [0.3, 0.4) is 0 Å². The zero-order chi connectivity index (χ0) is 27.1. The van der Waals surface area contributed by atoms with Crippen LogP contribution in [0.5, 0.6) is 23.0 Å². The van der Waals surface area contributed by atoms with E-state index in [0.717, 1.165) is 57.8 Å². The molecule has 2 saturated heterocycles. The first-order valence-electron chi connectivity index (χ1n) is 13.4. The minimum absolute atomic E-state index is 0.148. The van der Waals surface area contributed by atoms with Gasteiger partial charge in [-0.3, -0.25) is 0 Å². The van der Waals surface area contributed by atoms with Crippen LogP contribution in [0.2, 0.25) is 0 Å². The van der Waals surface area contributed by atoms with E-state index in [0.29, 0.717) is 49.4 Å². The van der Waals surface area contributed by atoms with Crippen LogP contribution in [-0.2, 0) is 23.7 Å². The highest BCUT2D eigenvalue weighted by Gasteiger charge is 2.14. The molecule has 2 aromatic carbocycles. The Morgan fingerprint density at radius 2 is 1.15 bits per heavy atom. The molecule has 0 radical (unpaired) electrons. The highest BCUT2D eigenvalue weighted by atomic mass is 16.7. The average molecular weight is 545 g/mol. The van der Waals surface area contributed by atoms with Crippen LogP contribution in [0.4, 0.5) is 0 Å². The summed E-state index contributed by atoms with van der Waals surface area (Å²) in [6, 6.07) is 13.2. The summed E-state index contributed by atoms with van der Waals surface area (Å²) >= 11 is 0. The van der Waals surface area contributed by atoms with Crippen molar-refractivity contribution in [3.63, 3.8) is 0 Å². The van der Waals surface area contributed by atoms with Crippen LogP contribution in [0.1, 0.15) is 38.5 Å². The molecule has 2 atom stereocenters. The van der Waals surface area contributed by atoms with Gasteiger partial charge < -0.3 is 43.0 Å². The van der Waals surface area contributed by atoms with Crippen molar-refractivity contribution in [2.24, 2.45) is 0 Å². The quantitative estimate of drug-likeness (QED) is 0.116. The van der Waals surface area contributed by atoms with Crippen LogP contribution < -0.4 is 18.9 Å². The average Bonchev–Trinajstić information content (AvgIpc) is 2.96. The predicted octanol–water partition coefficient (Wildman–Crippen LogP) is 4.91. The van der Waals surface area contributed by atoms with Crippen molar-refractivity contribution in [3.05, 3.63) is 60.6 Å². The standard InChI is InChI=1S/C29H36O10/c30-26(38-24-11-7-22(8-12-24)32-17-19-36-28-5-1-3-15-34-28)21-27(31)39-25-13-9-23(10-14-25)33-18-20-37-29-6-2-4-16-35-29/h7-14,21,28-30H,1-6,15-20H2/b26-21+. The normalized spacial score (nSPS) is 19.7. The van der Waals surface area contributed by atoms with Crippen molar-refractivity contribution in [2.75, 3.05) is 39.6 Å². The summed E-state index contributed by atoms with van der Waals surface area (Å²) in [5.74, 6) is 0.472. The number of aliphatic hydroxyl groups is 1. The van der Waals surface area contributed by atoms with Crippen molar-refractivity contribution in [2.45, 2.75) is 51.1 Å². The number of hydrogen-bond acceptors (Lipinski definition) is 10. The number of rotatable bonds is 14. The predicted molar refractivity (Wildman–Crippen MR) is 140 cm³/mol. The molecule has 212 valence electrons. The van der Waals surface area contributed by atoms with Crippen molar-refractivity contribution in [1.29, 1.82) is 0 Å². The SMILES string of the molecule is O=C(/C=C(\O)Oc1ccc(OCCOC2CCCCO2)cc1)Oc1ccc(OCCOC2CCCCO2)cc1. The summed E-state index contributed by atoms with van der Waals surface area (Å²) in [4.78, 5) is 12.1. The van der Waals surface area contributed by atoms with Gasteiger partial charge in [-0.25, -0.2) is 4.79 Å². The van der Waals surface area contributed by atoms with E-state index in [9.17, 15) is 9.90 Å². The Bertz CT molecular complexity index is 1010. The lowest BCUT2D eigenvalue weighted by Gasteiger charge is -2.22. The Morgan fingerprint density at radius 3 is 1.62 bits per heavy atom. The Labute approximate surface area is 228 Å². The van der Waals surface area contributed by atoms with Crippen LogP contribution in [0.15, 0.2) is 60.6 Å². The maximum absolute atomic E-state index is 12.1. The van der Waals surface area contributed by atoms with Crippen LogP contribution in [0, 0.1) is 0 Å². The van der Waals surface area contributed by atoms with Gasteiger partial charge in [-0.2, -0.15) is 0 Å². The van der Waals surface area contributed by atoms with Gasteiger partial charge in [0.2, 0.25) is 0 Å². The summed E-state index contributed by atoms with van der Waals surface area (Å²) in [6.45, 7) is 3.09. The fraction of sp³-hybridized carbons (Fsp3) is 0.483. The molecule has 0 bridgehead atoms. The topological polar surface area (TPSA) is 111 Å². The monoisotopic (exact) mass is 544 g/mol. The maximum Gasteiger partial charge on any atom is 0.343 e. The Morgan fingerprint density at radius 1 is 0.692 bits per heavy atom. The summed E-state index contributed by atoms with van der Waals surface area (Å²) < 4.78 is 44.1. The van der Waals surface area contributed by atoms with Crippen molar-refractivity contribution in [3.8, 4) is 23.0 Å². The first-order valence-corrected chi connectivity index (χ1v) is 13.4. The number of carbonyl (C=O) groups excluding carboxylic acids is 1. The molecule has 0 aliphatic carbocycles. The molecular formula is C29H36O10. The fourth-order valence-corrected chi connectivity index (χ4v) is 3.97. The maximum atomic E-state index is 12.1. The molecule has 2 heterocycles. The third-order valence-electron chi connectivity index (χ3n) is 5.92. The number of aliphatic hydroxyl groups excluding tert-OH is 1. The Hall–Kier alpha value is -3.31. The highest BCUT2D eigenvalue weighted by Crippen LogP contribution is 2.21. The Kier molecular flexibility index (Phi) is 11.7. The van der Waals surface area contributed by atoms with Crippen LogP contribution >= 0.6 is 0 Å². The van der Waals surface area contributed by atoms with Crippen molar-refractivity contribution >= 4 is 5.97 Å². The fourth-order valence-electron chi connectivity index (χ4n) is 3.97. The summed E-state index contributed by atoms with van der Waals surface area (Å²) in [7, 11) is 0. The second kappa shape index (κ2) is 15.9. The number of ether oxygens (including phenoxy) is 8. The molecule has 0 amide bonds. The second-order valence-corrected chi connectivity index (χ2v) is 8.98. The summed E-state index contributed by atoms with van der Waals surface area (Å²) in [5.41, 5.74) is 0. The van der Waals surface area contributed by atoms with Crippen LogP contribution in [-0.4, -0.2) is 63.3 Å². The minimum atomic E-state index is -0.788. The van der Waals surface area contributed by atoms with Gasteiger partial charge in [0.25, 0.3) is 5.95 Å². The second-order valence-electron chi connectivity index (χ2n) is 8.98. The van der Waals surface area contributed by atoms with Gasteiger partial charge in [-0.05, 0) is 87.1 Å². The minimum Gasteiger partial charge on any atom is -0.491 e. The van der Waals surface area contributed by atoms with Gasteiger partial charge in [0.05, 0.1) is 13.2 Å².